The van der Waals surface area contributed by atoms with Crippen LogP contribution in [0.25, 0.3) is 85.5 Å². The van der Waals surface area contributed by atoms with Crippen LogP contribution < -0.4 is 4.90 Å². The Morgan fingerprint density at radius 3 is 1.61 bits per heavy atom. The van der Waals surface area contributed by atoms with E-state index in [9.17, 15) is 0 Å². The lowest BCUT2D eigenvalue weighted by Gasteiger charge is -2.27. The topological polar surface area (TPSA) is 3.24 Å². The molecule has 1 nitrogen and oxygen atoms in total. The molecule has 1 heterocycles. The minimum Gasteiger partial charge on any atom is -0.310 e. The minimum absolute atomic E-state index is 1.12. The van der Waals surface area contributed by atoms with Gasteiger partial charge in [0, 0.05) is 31.5 Å². The molecule has 0 saturated carbocycles. The number of fused-ring (bicyclic) bond motifs is 10. The summed E-state index contributed by atoms with van der Waals surface area (Å²) >= 11 is 1.89. The molecule has 0 N–H and O–H groups in total. The largest absolute Gasteiger partial charge is 0.310 e. The van der Waals surface area contributed by atoms with Crippen molar-refractivity contribution in [3.63, 3.8) is 0 Å². The van der Waals surface area contributed by atoms with E-state index in [2.05, 4.69) is 205 Å². The van der Waals surface area contributed by atoms with Gasteiger partial charge in [-0.1, -0.05) is 158 Å². The third kappa shape index (κ3) is 4.99. The molecular formula is C52H33NS. The summed E-state index contributed by atoms with van der Waals surface area (Å²) in [7, 11) is 0. The maximum Gasteiger partial charge on any atom is 0.0554 e. The van der Waals surface area contributed by atoms with Gasteiger partial charge in [-0.25, -0.2) is 0 Å². The molecule has 0 aliphatic carbocycles. The Morgan fingerprint density at radius 2 is 0.852 bits per heavy atom. The lowest BCUT2D eigenvalue weighted by atomic mass is 9.94. The Hall–Kier alpha value is -6.74. The highest BCUT2D eigenvalue weighted by Crippen LogP contribution is 2.47. The van der Waals surface area contributed by atoms with Crippen LogP contribution in [0.5, 0.6) is 0 Å². The molecule has 0 unspecified atom stereocenters. The van der Waals surface area contributed by atoms with Gasteiger partial charge in [0.25, 0.3) is 0 Å². The molecule has 252 valence electrons. The van der Waals surface area contributed by atoms with Crippen LogP contribution in [0.4, 0.5) is 17.1 Å². The number of hydrogen-bond donors (Lipinski definition) is 0. The molecule has 0 fully saturated rings. The van der Waals surface area contributed by atoms with Crippen LogP contribution in [0.15, 0.2) is 200 Å². The Labute approximate surface area is 317 Å². The molecule has 0 saturated heterocycles. The summed E-state index contributed by atoms with van der Waals surface area (Å²) in [6, 6.07) is 73.4. The third-order valence-electron chi connectivity index (χ3n) is 11.0. The molecule has 0 amide bonds. The first kappa shape index (κ1) is 30.8. The van der Waals surface area contributed by atoms with Crippen molar-refractivity contribution in [2.45, 2.75) is 0 Å². The quantitative estimate of drug-likeness (QED) is 0.161. The average Bonchev–Trinajstić information content (AvgIpc) is 3.64. The fourth-order valence-electron chi connectivity index (χ4n) is 8.40. The first-order valence-corrected chi connectivity index (χ1v) is 19.3. The maximum atomic E-state index is 2.43. The first-order valence-electron chi connectivity index (χ1n) is 18.5. The molecule has 0 aliphatic heterocycles. The average molecular weight is 704 g/mol. The second kappa shape index (κ2) is 12.4. The zero-order valence-electron chi connectivity index (χ0n) is 29.4. The van der Waals surface area contributed by atoms with Crippen LogP contribution in [0, 0.1) is 0 Å². The number of benzene rings is 10. The number of nitrogens with zero attached hydrogens (tertiary/aromatic N) is 1. The molecule has 10 aromatic carbocycles. The fraction of sp³-hybridized carbons (Fsp3) is 0. The van der Waals surface area contributed by atoms with E-state index in [0.717, 1.165) is 11.4 Å². The molecule has 0 spiro atoms. The van der Waals surface area contributed by atoms with Gasteiger partial charge in [0.05, 0.1) is 5.69 Å². The van der Waals surface area contributed by atoms with Crippen LogP contribution >= 0.6 is 11.3 Å². The van der Waals surface area contributed by atoms with Crippen molar-refractivity contribution in [1.82, 2.24) is 0 Å². The molecule has 0 atom stereocenters. The molecule has 2 heteroatoms. The maximum absolute atomic E-state index is 2.43. The van der Waals surface area contributed by atoms with Gasteiger partial charge in [0.2, 0.25) is 0 Å². The second-order valence-corrected chi connectivity index (χ2v) is 15.1. The molecule has 0 radical (unpaired) electrons. The lowest BCUT2D eigenvalue weighted by Crippen LogP contribution is -2.10. The number of hydrogen-bond acceptors (Lipinski definition) is 2. The van der Waals surface area contributed by atoms with E-state index in [0.29, 0.717) is 0 Å². The van der Waals surface area contributed by atoms with E-state index < -0.39 is 0 Å². The Bertz CT molecular complexity index is 3190. The van der Waals surface area contributed by atoms with Crippen LogP contribution in [0.1, 0.15) is 0 Å². The van der Waals surface area contributed by atoms with Crippen LogP contribution in [0.2, 0.25) is 0 Å². The van der Waals surface area contributed by atoms with E-state index >= 15 is 0 Å². The van der Waals surface area contributed by atoms with Crippen molar-refractivity contribution in [2.24, 2.45) is 0 Å². The smallest absolute Gasteiger partial charge is 0.0554 e. The predicted molar refractivity (Wildman–Crippen MR) is 235 cm³/mol. The van der Waals surface area contributed by atoms with Gasteiger partial charge in [0.15, 0.2) is 0 Å². The highest BCUT2D eigenvalue weighted by molar-refractivity contribution is 7.26. The second-order valence-electron chi connectivity index (χ2n) is 14.1. The monoisotopic (exact) mass is 703 g/mol. The Balaban J connectivity index is 1.05. The standard InChI is InChI=1S/C52H33NS/c1-2-9-34(10-3-1)35-21-27-42(28-22-35)53(48-15-8-16-49-51(48)47-32-25-38-12-5-7-14-46(38)52(47)54-49)43-29-23-36(24-30-43)40-26-31-45-41(33-40)20-19-39-18-17-37-11-4-6-13-44(37)50(39)45/h1-33H. The summed E-state index contributed by atoms with van der Waals surface area (Å²) in [5.74, 6) is 0. The van der Waals surface area contributed by atoms with E-state index in [1.165, 1.54) is 91.2 Å². The van der Waals surface area contributed by atoms with Crippen LogP contribution in [-0.2, 0) is 0 Å². The summed E-state index contributed by atoms with van der Waals surface area (Å²) in [5, 5.41) is 12.9. The van der Waals surface area contributed by atoms with Crippen molar-refractivity contribution >= 4 is 91.7 Å². The summed E-state index contributed by atoms with van der Waals surface area (Å²) in [6.07, 6.45) is 0. The van der Waals surface area contributed by atoms with Gasteiger partial charge in [-0.3, -0.25) is 0 Å². The molecule has 54 heavy (non-hydrogen) atoms. The Kier molecular flexibility index (Phi) is 7.11. The molecule has 0 aliphatic rings. The van der Waals surface area contributed by atoms with Crippen molar-refractivity contribution < 1.29 is 0 Å². The number of thiophene rings is 1. The lowest BCUT2D eigenvalue weighted by molar-refractivity contribution is 1.30. The summed E-state index contributed by atoms with van der Waals surface area (Å²) in [5.41, 5.74) is 8.26. The Morgan fingerprint density at radius 1 is 0.315 bits per heavy atom. The zero-order valence-corrected chi connectivity index (χ0v) is 30.2. The summed E-state index contributed by atoms with van der Waals surface area (Å²) < 4.78 is 2.63. The van der Waals surface area contributed by atoms with Gasteiger partial charge in [-0.05, 0) is 108 Å². The molecular weight excluding hydrogens is 671 g/mol. The summed E-state index contributed by atoms with van der Waals surface area (Å²) in [4.78, 5) is 2.43. The first-order chi connectivity index (χ1) is 26.8. The highest BCUT2D eigenvalue weighted by Gasteiger charge is 2.20. The highest BCUT2D eigenvalue weighted by atomic mass is 32.1. The van der Waals surface area contributed by atoms with Gasteiger partial charge in [-0.2, -0.15) is 0 Å². The van der Waals surface area contributed by atoms with E-state index in [1.807, 2.05) is 11.3 Å². The van der Waals surface area contributed by atoms with Crippen LogP contribution in [0.3, 0.4) is 0 Å². The van der Waals surface area contributed by atoms with Crippen molar-refractivity contribution in [1.29, 1.82) is 0 Å². The third-order valence-corrected chi connectivity index (χ3v) is 12.2. The minimum atomic E-state index is 1.12. The van der Waals surface area contributed by atoms with Crippen LogP contribution in [-0.4, -0.2) is 0 Å². The van der Waals surface area contributed by atoms with Gasteiger partial charge in [0.1, 0.15) is 0 Å². The number of anilines is 3. The molecule has 11 rings (SSSR count). The zero-order chi connectivity index (χ0) is 35.6. The van der Waals surface area contributed by atoms with E-state index in [4.69, 9.17) is 0 Å². The van der Waals surface area contributed by atoms with E-state index in [-0.39, 0.29) is 0 Å². The van der Waals surface area contributed by atoms with E-state index in [1.54, 1.807) is 0 Å². The SMILES string of the molecule is c1ccc(-c2ccc(N(c3ccc(-c4ccc5c(ccc6ccc7ccccc7c65)c4)cc3)c3cccc4sc5c6ccccc6ccc5c34)cc2)cc1. The normalized spacial score (nSPS) is 11.7. The molecule has 1 aromatic heterocycles. The van der Waals surface area contributed by atoms with Crippen molar-refractivity contribution in [2.75, 3.05) is 4.90 Å². The molecule has 0 bridgehead atoms. The van der Waals surface area contributed by atoms with Crippen molar-refractivity contribution in [3.8, 4) is 22.3 Å². The molecule has 11 aromatic rings. The van der Waals surface area contributed by atoms with Gasteiger partial charge in [-0.15, -0.1) is 11.3 Å². The predicted octanol–water partition coefficient (Wildman–Crippen LogP) is 15.5. The van der Waals surface area contributed by atoms with Crippen molar-refractivity contribution in [3.05, 3.63) is 200 Å². The number of rotatable bonds is 5. The van der Waals surface area contributed by atoms with Gasteiger partial charge >= 0.3 is 0 Å². The summed E-state index contributed by atoms with van der Waals surface area (Å²) in [6.45, 7) is 0. The van der Waals surface area contributed by atoms with Gasteiger partial charge < -0.3 is 4.90 Å². The fourth-order valence-corrected chi connectivity index (χ4v) is 9.66.